The molecule has 3 nitrogen and oxygen atoms in total. The van der Waals surface area contributed by atoms with Gasteiger partial charge in [0.05, 0.1) is 0 Å². The summed E-state index contributed by atoms with van der Waals surface area (Å²) in [5.74, 6) is 0.730. The zero-order valence-corrected chi connectivity index (χ0v) is 8.69. The Hall–Kier alpha value is -1.35. The molecule has 0 radical (unpaired) electrons. The quantitative estimate of drug-likeness (QED) is 0.714. The molecule has 1 aliphatic heterocycles. The molecule has 0 saturated carbocycles. The Morgan fingerprint density at radius 2 is 2.33 bits per heavy atom. The molecule has 3 rings (SSSR count). The summed E-state index contributed by atoms with van der Waals surface area (Å²) >= 11 is 0. The summed E-state index contributed by atoms with van der Waals surface area (Å²) in [7, 11) is 0. The van der Waals surface area contributed by atoms with Gasteiger partial charge in [0.2, 0.25) is 5.89 Å². The molecule has 1 aromatic carbocycles. The van der Waals surface area contributed by atoms with Gasteiger partial charge in [0, 0.05) is 6.61 Å². The first-order valence-electron chi connectivity index (χ1n) is 5.31. The molecular weight excluding hydrogens is 190 g/mol. The number of rotatable bonds is 1. The number of benzene rings is 1. The molecule has 0 unspecified atom stereocenters. The average molecular weight is 203 g/mol. The topological polar surface area (TPSA) is 35.3 Å². The van der Waals surface area contributed by atoms with Crippen LogP contribution in [0.2, 0.25) is 0 Å². The van der Waals surface area contributed by atoms with E-state index in [-0.39, 0.29) is 6.10 Å². The monoisotopic (exact) mass is 203 g/mol. The molecule has 2 heterocycles. The van der Waals surface area contributed by atoms with E-state index in [2.05, 4.69) is 11.9 Å². The molecule has 78 valence electrons. The van der Waals surface area contributed by atoms with Crippen LogP contribution in [0.15, 0.2) is 22.6 Å². The van der Waals surface area contributed by atoms with E-state index < -0.39 is 0 Å². The Morgan fingerprint density at radius 1 is 1.40 bits per heavy atom. The highest BCUT2D eigenvalue weighted by molar-refractivity contribution is 5.73. The summed E-state index contributed by atoms with van der Waals surface area (Å²) in [4.78, 5) is 4.46. The highest BCUT2D eigenvalue weighted by Gasteiger charge is 2.22. The number of hydrogen-bond acceptors (Lipinski definition) is 3. The number of aromatic nitrogens is 1. The summed E-state index contributed by atoms with van der Waals surface area (Å²) in [6, 6.07) is 6.04. The fraction of sp³-hybridized carbons (Fsp3) is 0.417. The second-order valence-electron chi connectivity index (χ2n) is 4.02. The highest BCUT2D eigenvalue weighted by atomic mass is 16.5. The number of aryl methyl sites for hydroxylation is 1. The molecule has 1 fully saturated rings. The van der Waals surface area contributed by atoms with Crippen molar-refractivity contribution < 1.29 is 9.15 Å². The van der Waals surface area contributed by atoms with Gasteiger partial charge in [-0.05, 0) is 37.5 Å². The molecule has 15 heavy (non-hydrogen) atoms. The first kappa shape index (κ1) is 8.92. The molecule has 0 N–H and O–H groups in total. The maximum atomic E-state index is 5.67. The summed E-state index contributed by atoms with van der Waals surface area (Å²) in [6.07, 6.45) is 2.19. The smallest absolute Gasteiger partial charge is 0.224 e. The van der Waals surface area contributed by atoms with Crippen LogP contribution in [0, 0.1) is 6.92 Å². The van der Waals surface area contributed by atoms with Gasteiger partial charge in [-0.15, -0.1) is 0 Å². The SMILES string of the molecule is Cc1ccc2oc([C@H]3CCCO3)nc2c1. The third-order valence-corrected chi connectivity index (χ3v) is 2.76. The first-order valence-corrected chi connectivity index (χ1v) is 5.31. The Bertz CT molecular complexity index is 483. The van der Waals surface area contributed by atoms with Crippen molar-refractivity contribution in [2.45, 2.75) is 25.9 Å². The van der Waals surface area contributed by atoms with E-state index in [1.165, 1.54) is 5.56 Å². The number of fused-ring (bicyclic) bond motifs is 1. The van der Waals surface area contributed by atoms with Crippen LogP contribution in [-0.4, -0.2) is 11.6 Å². The van der Waals surface area contributed by atoms with E-state index in [1.807, 2.05) is 18.2 Å². The second kappa shape index (κ2) is 3.35. The van der Waals surface area contributed by atoms with E-state index >= 15 is 0 Å². The third kappa shape index (κ3) is 1.53. The zero-order valence-electron chi connectivity index (χ0n) is 8.69. The molecule has 3 heteroatoms. The number of oxazole rings is 1. The minimum Gasteiger partial charge on any atom is -0.438 e. The predicted octanol–water partition coefficient (Wildman–Crippen LogP) is 2.99. The normalized spacial score (nSPS) is 21.3. The summed E-state index contributed by atoms with van der Waals surface area (Å²) < 4.78 is 11.2. The number of ether oxygens (including phenoxy) is 1. The summed E-state index contributed by atoms with van der Waals surface area (Å²) in [5, 5.41) is 0. The van der Waals surface area contributed by atoms with Crippen LogP contribution in [0.1, 0.15) is 30.4 Å². The van der Waals surface area contributed by atoms with Crippen LogP contribution in [0.4, 0.5) is 0 Å². The van der Waals surface area contributed by atoms with Gasteiger partial charge in [-0.25, -0.2) is 4.98 Å². The Morgan fingerprint density at radius 3 is 3.13 bits per heavy atom. The van der Waals surface area contributed by atoms with Crippen molar-refractivity contribution in [1.82, 2.24) is 4.98 Å². The molecule has 1 aromatic heterocycles. The summed E-state index contributed by atoms with van der Waals surface area (Å²) in [5.41, 5.74) is 2.99. The lowest BCUT2D eigenvalue weighted by atomic mass is 10.2. The van der Waals surface area contributed by atoms with Crippen molar-refractivity contribution in [1.29, 1.82) is 0 Å². The maximum absolute atomic E-state index is 5.67. The number of hydrogen-bond donors (Lipinski definition) is 0. The molecular formula is C12H13NO2. The molecule has 1 saturated heterocycles. The van der Waals surface area contributed by atoms with Crippen LogP contribution in [0.5, 0.6) is 0 Å². The van der Waals surface area contributed by atoms with Crippen LogP contribution in [0.3, 0.4) is 0 Å². The predicted molar refractivity (Wildman–Crippen MR) is 56.7 cm³/mol. The standard InChI is InChI=1S/C12H13NO2/c1-8-4-5-10-9(7-8)13-12(15-10)11-3-2-6-14-11/h4-5,7,11H,2-3,6H2,1H3/t11-/m1/s1. The van der Waals surface area contributed by atoms with E-state index in [9.17, 15) is 0 Å². The van der Waals surface area contributed by atoms with Gasteiger partial charge in [-0.2, -0.15) is 0 Å². The first-order chi connectivity index (χ1) is 7.33. The Labute approximate surface area is 88.1 Å². The zero-order chi connectivity index (χ0) is 10.3. The van der Waals surface area contributed by atoms with Crippen molar-refractivity contribution in [3.63, 3.8) is 0 Å². The molecule has 0 spiro atoms. The minimum atomic E-state index is 0.0673. The molecule has 0 amide bonds. The van der Waals surface area contributed by atoms with Gasteiger partial charge in [0.1, 0.15) is 11.6 Å². The lowest BCUT2D eigenvalue weighted by molar-refractivity contribution is 0.0907. The fourth-order valence-electron chi connectivity index (χ4n) is 1.97. The van der Waals surface area contributed by atoms with Crippen molar-refractivity contribution >= 4 is 11.1 Å². The minimum absolute atomic E-state index is 0.0673. The van der Waals surface area contributed by atoms with Gasteiger partial charge in [0.25, 0.3) is 0 Å². The van der Waals surface area contributed by atoms with Gasteiger partial charge in [-0.3, -0.25) is 0 Å². The van der Waals surface area contributed by atoms with Gasteiger partial charge in [0.15, 0.2) is 5.58 Å². The van der Waals surface area contributed by atoms with Crippen LogP contribution in [0.25, 0.3) is 11.1 Å². The Balaban J connectivity index is 2.05. The van der Waals surface area contributed by atoms with E-state index in [1.54, 1.807) is 0 Å². The van der Waals surface area contributed by atoms with Crippen LogP contribution < -0.4 is 0 Å². The van der Waals surface area contributed by atoms with Gasteiger partial charge >= 0.3 is 0 Å². The van der Waals surface area contributed by atoms with E-state index in [0.29, 0.717) is 0 Å². The van der Waals surface area contributed by atoms with E-state index in [4.69, 9.17) is 9.15 Å². The molecule has 1 atom stereocenters. The molecule has 2 aromatic rings. The summed E-state index contributed by atoms with van der Waals surface area (Å²) in [6.45, 7) is 2.88. The van der Waals surface area contributed by atoms with Crippen molar-refractivity contribution in [3.05, 3.63) is 29.7 Å². The fourth-order valence-corrected chi connectivity index (χ4v) is 1.97. The van der Waals surface area contributed by atoms with Crippen LogP contribution in [-0.2, 0) is 4.74 Å². The van der Waals surface area contributed by atoms with Gasteiger partial charge in [-0.1, -0.05) is 6.07 Å². The Kier molecular flexibility index (Phi) is 1.99. The lowest BCUT2D eigenvalue weighted by Gasteiger charge is -2.01. The van der Waals surface area contributed by atoms with Crippen molar-refractivity contribution in [3.8, 4) is 0 Å². The largest absolute Gasteiger partial charge is 0.438 e. The van der Waals surface area contributed by atoms with Crippen LogP contribution >= 0.6 is 0 Å². The molecule has 0 bridgehead atoms. The molecule has 1 aliphatic rings. The van der Waals surface area contributed by atoms with Gasteiger partial charge < -0.3 is 9.15 Å². The lowest BCUT2D eigenvalue weighted by Crippen LogP contribution is -1.94. The third-order valence-electron chi connectivity index (χ3n) is 2.76. The molecule has 0 aliphatic carbocycles. The average Bonchev–Trinajstić information content (AvgIpc) is 2.84. The van der Waals surface area contributed by atoms with E-state index in [0.717, 1.165) is 36.4 Å². The van der Waals surface area contributed by atoms with Crippen molar-refractivity contribution in [2.24, 2.45) is 0 Å². The second-order valence-corrected chi connectivity index (χ2v) is 4.02. The van der Waals surface area contributed by atoms with Crippen molar-refractivity contribution in [2.75, 3.05) is 6.61 Å². The number of nitrogens with zero attached hydrogens (tertiary/aromatic N) is 1. The maximum Gasteiger partial charge on any atom is 0.224 e. The highest BCUT2D eigenvalue weighted by Crippen LogP contribution is 2.30.